The first-order valence-electron chi connectivity index (χ1n) is 10.6. The molecule has 1 aliphatic rings. The minimum atomic E-state index is -0.678. The molecule has 1 unspecified atom stereocenters. The van der Waals surface area contributed by atoms with E-state index in [1.54, 1.807) is 18.2 Å². The molecule has 7 nitrogen and oxygen atoms in total. The van der Waals surface area contributed by atoms with Crippen molar-refractivity contribution >= 4 is 17.1 Å². The lowest BCUT2D eigenvalue weighted by molar-refractivity contribution is 0.117. The fraction of sp³-hybridized carbons (Fsp3) is 0.391. The highest BCUT2D eigenvalue weighted by Crippen LogP contribution is 2.24. The van der Waals surface area contributed by atoms with Gasteiger partial charge in [-0.2, -0.15) is 0 Å². The van der Waals surface area contributed by atoms with Crippen LogP contribution < -0.4 is 15.4 Å². The first-order chi connectivity index (χ1) is 15.4. The van der Waals surface area contributed by atoms with Crippen LogP contribution in [0.1, 0.15) is 43.1 Å². The molecule has 2 aromatic carbocycles. The van der Waals surface area contributed by atoms with Crippen LogP contribution in [-0.2, 0) is 6.42 Å². The molecule has 32 heavy (non-hydrogen) atoms. The van der Waals surface area contributed by atoms with Crippen LogP contribution in [-0.4, -0.2) is 40.4 Å². The normalized spacial score (nSPS) is 19.5. The van der Waals surface area contributed by atoms with Gasteiger partial charge in [-0.3, -0.25) is 0 Å². The van der Waals surface area contributed by atoms with Crippen molar-refractivity contribution in [2.24, 2.45) is 0 Å². The van der Waals surface area contributed by atoms with Crippen molar-refractivity contribution in [3.8, 4) is 5.75 Å². The second-order valence-corrected chi connectivity index (χ2v) is 8.12. The minimum Gasteiger partial charge on any atom is -0.497 e. The van der Waals surface area contributed by atoms with Gasteiger partial charge >= 0.3 is 6.03 Å². The Kier molecular flexibility index (Phi) is 6.55. The van der Waals surface area contributed by atoms with Crippen molar-refractivity contribution in [2.45, 2.75) is 50.3 Å². The summed E-state index contributed by atoms with van der Waals surface area (Å²) in [5.74, 6) is -0.0714. The summed E-state index contributed by atoms with van der Waals surface area (Å²) in [5.41, 5.74) is 1.41. The molecule has 1 atom stereocenters. The van der Waals surface area contributed by atoms with E-state index in [-0.39, 0.29) is 18.6 Å². The largest absolute Gasteiger partial charge is 0.497 e. The Morgan fingerprint density at radius 3 is 2.72 bits per heavy atom. The van der Waals surface area contributed by atoms with Crippen LogP contribution in [0.5, 0.6) is 5.75 Å². The predicted octanol–water partition coefficient (Wildman–Crippen LogP) is 3.74. The summed E-state index contributed by atoms with van der Waals surface area (Å²) >= 11 is 0. The number of nitrogens with zero attached hydrogens (tertiary/aromatic N) is 1. The summed E-state index contributed by atoms with van der Waals surface area (Å²) < 4.78 is 33.3. The minimum absolute atomic E-state index is 0.0402. The van der Waals surface area contributed by atoms with Crippen molar-refractivity contribution in [2.75, 3.05) is 7.11 Å². The number of carbonyl (C=O) groups excluding carboxylic acids is 1. The van der Waals surface area contributed by atoms with Crippen molar-refractivity contribution in [1.82, 2.24) is 20.6 Å². The number of carbonyl (C=O) groups is 1. The molecule has 4 N–H and O–H groups in total. The number of hydrogen-bond donors (Lipinski definition) is 4. The van der Waals surface area contributed by atoms with E-state index in [2.05, 4.69) is 20.6 Å². The fourth-order valence-electron chi connectivity index (χ4n) is 4.03. The maximum absolute atomic E-state index is 14.6. The first kappa shape index (κ1) is 22.0. The van der Waals surface area contributed by atoms with Crippen molar-refractivity contribution in [3.05, 3.63) is 59.4 Å². The number of amides is 2. The Labute approximate surface area is 184 Å². The number of aromatic amines is 1. The molecule has 1 aliphatic carbocycles. The Morgan fingerprint density at radius 1 is 1.22 bits per heavy atom. The van der Waals surface area contributed by atoms with Gasteiger partial charge in [0.15, 0.2) is 0 Å². The molecule has 0 radical (unpaired) electrons. The van der Waals surface area contributed by atoms with Crippen molar-refractivity contribution < 1.29 is 23.4 Å². The van der Waals surface area contributed by atoms with E-state index < -0.39 is 23.7 Å². The number of imidazole rings is 1. The fourth-order valence-corrected chi connectivity index (χ4v) is 4.03. The number of benzene rings is 2. The lowest BCUT2D eigenvalue weighted by Crippen LogP contribution is -2.45. The number of methoxy groups -OCH3 is 1. The molecular weight excluding hydrogens is 418 g/mol. The predicted molar refractivity (Wildman–Crippen MR) is 115 cm³/mol. The molecule has 9 heteroatoms. The maximum Gasteiger partial charge on any atom is 0.315 e. The number of fused-ring (bicyclic) bond motifs is 1. The Hall–Kier alpha value is -3.20. The number of aromatic nitrogens is 2. The number of H-pyrrole nitrogens is 1. The smallest absolute Gasteiger partial charge is 0.315 e. The van der Waals surface area contributed by atoms with Gasteiger partial charge in [0.2, 0.25) is 0 Å². The number of aliphatic hydroxyl groups is 1. The summed E-state index contributed by atoms with van der Waals surface area (Å²) in [6.45, 7) is 0. The third kappa shape index (κ3) is 5.16. The van der Waals surface area contributed by atoms with Crippen LogP contribution in [0.15, 0.2) is 36.4 Å². The second kappa shape index (κ2) is 9.52. The lowest BCUT2D eigenvalue weighted by atomic mass is 9.93. The number of hydrogen-bond acceptors (Lipinski definition) is 4. The van der Waals surface area contributed by atoms with Gasteiger partial charge in [-0.15, -0.1) is 0 Å². The van der Waals surface area contributed by atoms with Crippen LogP contribution in [0.3, 0.4) is 0 Å². The summed E-state index contributed by atoms with van der Waals surface area (Å²) in [6, 6.07) is 7.59. The molecule has 170 valence electrons. The molecule has 2 amide bonds. The Bertz CT molecular complexity index is 1100. The zero-order chi connectivity index (χ0) is 22.7. The highest BCUT2D eigenvalue weighted by atomic mass is 19.1. The molecule has 1 fully saturated rings. The zero-order valence-corrected chi connectivity index (χ0v) is 17.7. The monoisotopic (exact) mass is 444 g/mol. The van der Waals surface area contributed by atoms with Gasteiger partial charge in [-0.25, -0.2) is 18.6 Å². The van der Waals surface area contributed by atoms with Crippen molar-refractivity contribution in [3.63, 3.8) is 0 Å². The van der Waals surface area contributed by atoms with E-state index in [0.717, 1.165) is 0 Å². The zero-order valence-electron chi connectivity index (χ0n) is 17.7. The lowest BCUT2D eigenvalue weighted by Gasteiger charge is -2.27. The molecular formula is C23H26F2N4O3. The quantitative estimate of drug-likeness (QED) is 0.466. The highest BCUT2D eigenvalue weighted by molar-refractivity contribution is 5.76. The number of rotatable bonds is 6. The summed E-state index contributed by atoms with van der Waals surface area (Å²) in [7, 11) is 1.46. The first-order valence-corrected chi connectivity index (χ1v) is 10.6. The molecule has 4 rings (SSSR count). The third-order valence-corrected chi connectivity index (χ3v) is 5.81. The average Bonchev–Trinajstić information content (AvgIpc) is 3.19. The van der Waals surface area contributed by atoms with E-state index in [4.69, 9.17) is 4.74 Å². The average molecular weight is 444 g/mol. The molecule has 0 spiro atoms. The number of ether oxygens (including phenoxy) is 1. The Balaban J connectivity index is 1.56. The molecule has 1 saturated carbocycles. The topological polar surface area (TPSA) is 99.3 Å². The van der Waals surface area contributed by atoms with Gasteiger partial charge in [-0.1, -0.05) is 6.07 Å². The van der Waals surface area contributed by atoms with E-state index in [9.17, 15) is 18.7 Å². The van der Waals surface area contributed by atoms with E-state index >= 15 is 0 Å². The van der Waals surface area contributed by atoms with Crippen molar-refractivity contribution in [1.29, 1.82) is 0 Å². The van der Waals surface area contributed by atoms with Crippen LogP contribution in [0.2, 0.25) is 0 Å². The van der Waals surface area contributed by atoms with Crippen LogP contribution >= 0.6 is 0 Å². The molecule has 0 bridgehead atoms. The van der Waals surface area contributed by atoms with E-state index in [1.807, 2.05) is 0 Å². The van der Waals surface area contributed by atoms with Gasteiger partial charge in [0.25, 0.3) is 0 Å². The van der Waals surface area contributed by atoms with Gasteiger partial charge in [0.1, 0.15) is 23.2 Å². The van der Waals surface area contributed by atoms with Gasteiger partial charge in [-0.05, 0) is 55.5 Å². The van der Waals surface area contributed by atoms with Gasteiger partial charge < -0.3 is 25.5 Å². The standard InChI is InChI=1S/C23H26F2N4O3/c1-32-17-8-2-13(18(25)12-17)10-21(22-27-19-9-3-14(24)11-20(19)28-22)29-23(31)26-15-4-6-16(30)7-5-15/h2-3,8-9,11-12,15-16,21,30H,4-7,10H2,1H3,(H,27,28)(H2,26,29,31). The number of halogens is 2. The summed E-state index contributed by atoms with van der Waals surface area (Å²) in [4.78, 5) is 20.2. The van der Waals surface area contributed by atoms with Crippen LogP contribution in [0.25, 0.3) is 11.0 Å². The van der Waals surface area contributed by atoms with Crippen LogP contribution in [0, 0.1) is 11.6 Å². The number of urea groups is 1. The van der Waals surface area contributed by atoms with Crippen LogP contribution in [0.4, 0.5) is 13.6 Å². The number of aliphatic hydroxyl groups excluding tert-OH is 1. The Morgan fingerprint density at radius 2 is 2.00 bits per heavy atom. The van der Waals surface area contributed by atoms with E-state index in [1.165, 1.54) is 25.3 Å². The molecule has 0 saturated heterocycles. The highest BCUT2D eigenvalue weighted by Gasteiger charge is 2.24. The summed E-state index contributed by atoms with van der Waals surface area (Å²) in [6.07, 6.45) is 2.47. The molecule has 1 heterocycles. The second-order valence-electron chi connectivity index (χ2n) is 8.12. The third-order valence-electron chi connectivity index (χ3n) is 5.81. The SMILES string of the molecule is COc1ccc(CC(NC(=O)NC2CCC(O)CC2)c2nc3ccc(F)cc3[nH]2)c(F)c1. The van der Waals surface area contributed by atoms with E-state index in [0.29, 0.717) is 53.9 Å². The summed E-state index contributed by atoms with van der Waals surface area (Å²) in [5, 5.41) is 15.5. The maximum atomic E-state index is 14.6. The molecule has 0 aliphatic heterocycles. The van der Waals surface area contributed by atoms with Gasteiger partial charge in [0.05, 0.1) is 30.3 Å². The molecule has 1 aromatic heterocycles. The number of nitrogens with one attached hydrogen (secondary N) is 3. The molecule has 3 aromatic rings. The van der Waals surface area contributed by atoms with Gasteiger partial charge in [0, 0.05) is 18.5 Å².